The number of fused-ring (bicyclic) bond motifs is 1. The van der Waals surface area contributed by atoms with Crippen LogP contribution >= 0.6 is 11.3 Å². The molecule has 4 rings (SSSR count). The number of rotatable bonds is 7. The van der Waals surface area contributed by atoms with E-state index in [-0.39, 0.29) is 17.3 Å². The summed E-state index contributed by atoms with van der Waals surface area (Å²) in [6.45, 7) is 2.33. The molecule has 162 valence electrons. The minimum atomic E-state index is -2.14. The number of hydrogen-bond donors (Lipinski definition) is 0. The van der Waals surface area contributed by atoms with Crippen LogP contribution in [0.2, 0.25) is 0 Å². The minimum absolute atomic E-state index is 0.113. The largest absolute Gasteiger partial charge is 0.299 e. The molecule has 5 heteroatoms. The van der Waals surface area contributed by atoms with Crippen molar-refractivity contribution in [3.63, 3.8) is 0 Å². The molecule has 0 aliphatic heterocycles. The molecule has 1 aromatic heterocycles. The Labute approximate surface area is 177 Å². The van der Waals surface area contributed by atoms with E-state index < -0.39 is 6.43 Å². The minimum Gasteiger partial charge on any atom is -0.299 e. The van der Waals surface area contributed by atoms with Crippen molar-refractivity contribution in [1.29, 1.82) is 0 Å². The van der Waals surface area contributed by atoms with Gasteiger partial charge in [0.1, 0.15) is 5.78 Å². The van der Waals surface area contributed by atoms with Gasteiger partial charge in [-0.15, -0.1) is 11.3 Å². The summed E-state index contributed by atoms with van der Waals surface area (Å²) in [6.07, 6.45) is 11.8. The Bertz CT molecular complexity index is 678. The number of alkyl halides is 2. The Balaban J connectivity index is 1.35. The van der Waals surface area contributed by atoms with Gasteiger partial charge in [0.2, 0.25) is 6.43 Å². The van der Waals surface area contributed by atoms with Crippen LogP contribution in [0.25, 0.3) is 0 Å². The van der Waals surface area contributed by atoms with Gasteiger partial charge in [0.25, 0.3) is 0 Å². The van der Waals surface area contributed by atoms with E-state index in [1.54, 1.807) is 17.5 Å². The Hall–Kier alpha value is -0.840. The Kier molecular flexibility index (Phi) is 6.72. The highest BCUT2D eigenvalue weighted by Gasteiger charge is 2.45. The number of aromatic nitrogens is 1. The first-order chi connectivity index (χ1) is 14.0. The molecule has 0 spiro atoms. The zero-order valence-corrected chi connectivity index (χ0v) is 18.4. The molecule has 6 atom stereocenters. The number of halogens is 2. The molecule has 0 saturated heterocycles. The monoisotopic (exact) mass is 423 g/mol. The molecule has 1 aromatic rings. The third-order valence-corrected chi connectivity index (χ3v) is 9.34. The summed E-state index contributed by atoms with van der Waals surface area (Å²) in [5, 5.41) is 2.88. The summed E-state index contributed by atoms with van der Waals surface area (Å²) in [4.78, 5) is 17.3. The van der Waals surface area contributed by atoms with E-state index >= 15 is 0 Å². The van der Waals surface area contributed by atoms with Gasteiger partial charge in [0.15, 0.2) is 0 Å². The first-order valence-corrected chi connectivity index (χ1v) is 12.5. The zero-order chi connectivity index (χ0) is 20.4. The summed E-state index contributed by atoms with van der Waals surface area (Å²) in [7, 11) is 0. The summed E-state index contributed by atoms with van der Waals surface area (Å²) in [5.74, 6) is 2.02. The van der Waals surface area contributed by atoms with Gasteiger partial charge in [-0.3, -0.25) is 4.79 Å². The first kappa shape index (κ1) is 21.4. The smallest absolute Gasteiger partial charge is 0.241 e. The second-order valence-corrected chi connectivity index (χ2v) is 11.2. The number of carbonyl (C=O) groups excluding carboxylic acids is 1. The van der Waals surface area contributed by atoms with E-state index in [9.17, 15) is 13.6 Å². The maximum atomic E-state index is 13.2. The fourth-order valence-corrected chi connectivity index (χ4v) is 7.56. The fraction of sp³-hybridized carbons (Fsp3) is 0.833. The van der Waals surface area contributed by atoms with Crippen LogP contribution in [0.5, 0.6) is 0 Å². The van der Waals surface area contributed by atoms with Gasteiger partial charge in [0.05, 0.1) is 11.4 Å². The van der Waals surface area contributed by atoms with Crippen molar-refractivity contribution in [3.8, 4) is 0 Å². The molecule has 0 aromatic carbocycles. The van der Waals surface area contributed by atoms with Gasteiger partial charge in [-0.2, -0.15) is 0 Å². The number of ketones is 1. The van der Waals surface area contributed by atoms with Crippen LogP contribution in [0.15, 0.2) is 11.6 Å². The molecule has 0 radical (unpaired) electrons. The van der Waals surface area contributed by atoms with Crippen LogP contribution in [-0.2, 0) is 11.2 Å². The van der Waals surface area contributed by atoms with E-state index in [1.165, 1.54) is 19.3 Å². The zero-order valence-electron chi connectivity index (χ0n) is 17.6. The maximum Gasteiger partial charge on any atom is 0.241 e. The molecule has 0 amide bonds. The van der Waals surface area contributed by atoms with Crippen molar-refractivity contribution < 1.29 is 13.6 Å². The maximum absolute atomic E-state index is 13.2. The first-order valence-electron chi connectivity index (χ1n) is 11.7. The number of Topliss-reactive ketones (excluding diaryl/α,β-unsaturated/α-hetero) is 1. The molecule has 29 heavy (non-hydrogen) atoms. The molecule has 0 bridgehead atoms. The highest BCUT2D eigenvalue weighted by Crippen LogP contribution is 2.52. The number of nitrogens with zero attached hydrogens (tertiary/aromatic N) is 1. The van der Waals surface area contributed by atoms with Crippen molar-refractivity contribution in [1.82, 2.24) is 4.98 Å². The predicted octanol–water partition coefficient (Wildman–Crippen LogP) is 6.94. The Morgan fingerprint density at radius 1 is 1.24 bits per heavy atom. The average molecular weight is 424 g/mol. The Morgan fingerprint density at radius 2 is 2.10 bits per heavy atom. The lowest BCUT2D eigenvalue weighted by Gasteiger charge is -2.45. The molecule has 0 N–H and O–H groups in total. The second-order valence-electron chi connectivity index (χ2n) is 10.2. The molecule has 3 aliphatic rings. The van der Waals surface area contributed by atoms with Crippen molar-refractivity contribution in [3.05, 3.63) is 16.6 Å². The van der Waals surface area contributed by atoms with Gasteiger partial charge >= 0.3 is 0 Å². The van der Waals surface area contributed by atoms with Gasteiger partial charge in [-0.1, -0.05) is 32.6 Å². The van der Waals surface area contributed by atoms with E-state index in [4.69, 9.17) is 0 Å². The van der Waals surface area contributed by atoms with Crippen LogP contribution in [0.3, 0.4) is 0 Å². The van der Waals surface area contributed by atoms with Crippen LogP contribution in [0.1, 0.15) is 82.6 Å². The van der Waals surface area contributed by atoms with Gasteiger partial charge in [0, 0.05) is 23.4 Å². The molecule has 2 nitrogen and oxygen atoms in total. The predicted molar refractivity (Wildman–Crippen MR) is 113 cm³/mol. The number of hydrogen-bond acceptors (Lipinski definition) is 3. The molecule has 3 aliphatic carbocycles. The average Bonchev–Trinajstić information content (AvgIpc) is 3.35. The number of thiazole rings is 1. The lowest BCUT2D eigenvalue weighted by atomic mass is 9.61. The topological polar surface area (TPSA) is 30.0 Å². The van der Waals surface area contributed by atoms with Crippen molar-refractivity contribution in [2.24, 2.45) is 35.0 Å². The molecular formula is C24H35F2NOS. The summed E-state index contributed by atoms with van der Waals surface area (Å²) < 4.78 is 26.4. The highest BCUT2D eigenvalue weighted by atomic mass is 32.1. The molecule has 3 saturated carbocycles. The SMILES string of the molecule is CC1(CCC2CCCC3CC(C(F)F)CCC23)CCCC1C(=O)Cc1nccs1. The van der Waals surface area contributed by atoms with E-state index in [2.05, 4.69) is 11.9 Å². The summed E-state index contributed by atoms with van der Waals surface area (Å²) in [5.41, 5.74) is 0.113. The summed E-state index contributed by atoms with van der Waals surface area (Å²) >= 11 is 1.58. The van der Waals surface area contributed by atoms with E-state index in [1.807, 2.05) is 5.38 Å². The van der Waals surface area contributed by atoms with Crippen molar-refractivity contribution in [2.45, 2.75) is 90.4 Å². The van der Waals surface area contributed by atoms with Gasteiger partial charge in [-0.05, 0) is 68.1 Å². The van der Waals surface area contributed by atoms with E-state index in [0.29, 0.717) is 36.4 Å². The lowest BCUT2D eigenvalue weighted by molar-refractivity contribution is -0.125. The molecular weight excluding hydrogens is 388 g/mol. The van der Waals surface area contributed by atoms with Gasteiger partial charge < -0.3 is 0 Å². The van der Waals surface area contributed by atoms with Crippen LogP contribution < -0.4 is 0 Å². The van der Waals surface area contributed by atoms with Crippen LogP contribution in [0, 0.1) is 35.0 Å². The van der Waals surface area contributed by atoms with Crippen LogP contribution in [-0.4, -0.2) is 17.2 Å². The standard InChI is InChI=1S/C24H35F2NOS/c1-24(10-3-6-20(24)21(28)15-22-27-12-13-29-22)11-9-16-4-2-5-17-14-18(23(25)26)7-8-19(16)17/h12-13,16-20,23H,2-11,14-15H2,1H3. The van der Waals surface area contributed by atoms with E-state index in [0.717, 1.165) is 50.0 Å². The molecule has 6 unspecified atom stereocenters. The quantitative estimate of drug-likeness (QED) is 0.475. The summed E-state index contributed by atoms with van der Waals surface area (Å²) in [6, 6.07) is 0. The number of carbonyl (C=O) groups is 1. The third-order valence-electron chi connectivity index (χ3n) is 8.56. The lowest BCUT2D eigenvalue weighted by Crippen LogP contribution is -2.37. The third kappa shape index (κ3) is 4.75. The molecule has 1 heterocycles. The van der Waals surface area contributed by atoms with Crippen LogP contribution in [0.4, 0.5) is 8.78 Å². The highest BCUT2D eigenvalue weighted by molar-refractivity contribution is 7.09. The van der Waals surface area contributed by atoms with Crippen molar-refractivity contribution >= 4 is 17.1 Å². The Morgan fingerprint density at radius 3 is 2.86 bits per heavy atom. The van der Waals surface area contributed by atoms with Crippen molar-refractivity contribution in [2.75, 3.05) is 0 Å². The van der Waals surface area contributed by atoms with Gasteiger partial charge in [-0.25, -0.2) is 13.8 Å². The second kappa shape index (κ2) is 9.11. The molecule has 3 fully saturated rings. The fourth-order valence-electron chi connectivity index (χ4n) is 6.93. The normalized spacial score (nSPS) is 37.6.